The van der Waals surface area contributed by atoms with Crippen molar-refractivity contribution in [2.24, 2.45) is 0 Å². The number of rotatable bonds is 3. The van der Waals surface area contributed by atoms with E-state index in [2.05, 4.69) is 11.9 Å². The van der Waals surface area contributed by atoms with Crippen LogP contribution in [0, 0.1) is 12.7 Å². The predicted octanol–water partition coefficient (Wildman–Crippen LogP) is 1.84. The van der Waals surface area contributed by atoms with Gasteiger partial charge in [0.05, 0.1) is 6.61 Å². The number of hydrogen-bond acceptors (Lipinski definition) is 3. The average molecular weight is 239 g/mol. The molecular formula is C13H18FNO2. The third-order valence-electron chi connectivity index (χ3n) is 2.91. The molecule has 4 heteroatoms. The Hall–Kier alpha value is -1.13. The van der Waals surface area contributed by atoms with E-state index >= 15 is 0 Å². The third kappa shape index (κ3) is 3.41. The van der Waals surface area contributed by atoms with Crippen molar-refractivity contribution in [3.05, 3.63) is 29.6 Å². The number of benzene rings is 1. The minimum absolute atomic E-state index is 0.0964. The molecule has 0 radical (unpaired) electrons. The van der Waals surface area contributed by atoms with E-state index in [1.807, 2.05) is 0 Å². The highest BCUT2D eigenvalue weighted by atomic mass is 19.1. The van der Waals surface area contributed by atoms with Gasteiger partial charge < -0.3 is 14.4 Å². The van der Waals surface area contributed by atoms with Gasteiger partial charge in [-0.1, -0.05) is 0 Å². The molecule has 1 saturated heterocycles. The van der Waals surface area contributed by atoms with Gasteiger partial charge >= 0.3 is 0 Å². The predicted molar refractivity (Wildman–Crippen MR) is 63.9 cm³/mol. The zero-order valence-electron chi connectivity index (χ0n) is 10.3. The number of nitrogens with zero attached hydrogens (tertiary/aromatic N) is 1. The lowest BCUT2D eigenvalue weighted by molar-refractivity contribution is -0.0403. The van der Waals surface area contributed by atoms with Crippen molar-refractivity contribution in [2.75, 3.05) is 33.4 Å². The number of halogens is 1. The van der Waals surface area contributed by atoms with Crippen molar-refractivity contribution in [3.8, 4) is 5.75 Å². The van der Waals surface area contributed by atoms with Crippen molar-refractivity contribution >= 4 is 0 Å². The summed E-state index contributed by atoms with van der Waals surface area (Å²) in [6.45, 7) is 4.82. The Morgan fingerprint density at radius 2 is 2.35 bits per heavy atom. The van der Waals surface area contributed by atoms with E-state index in [1.165, 1.54) is 6.07 Å². The third-order valence-corrected chi connectivity index (χ3v) is 2.91. The molecule has 1 fully saturated rings. The van der Waals surface area contributed by atoms with Crippen molar-refractivity contribution < 1.29 is 13.9 Å². The van der Waals surface area contributed by atoms with Crippen molar-refractivity contribution in [3.63, 3.8) is 0 Å². The Morgan fingerprint density at radius 1 is 1.53 bits per heavy atom. The maximum Gasteiger partial charge on any atom is 0.126 e. The lowest BCUT2D eigenvalue weighted by Crippen LogP contribution is -2.42. The number of likely N-dealkylation sites (N-methyl/N-ethyl adjacent to an activating group) is 1. The Morgan fingerprint density at radius 3 is 3.06 bits per heavy atom. The zero-order chi connectivity index (χ0) is 12.3. The Balaban J connectivity index is 1.86. The summed E-state index contributed by atoms with van der Waals surface area (Å²) in [5.41, 5.74) is 0.601. The summed E-state index contributed by atoms with van der Waals surface area (Å²) in [6.07, 6.45) is 0.0964. The molecule has 0 spiro atoms. The van der Waals surface area contributed by atoms with Gasteiger partial charge in [0.2, 0.25) is 0 Å². The van der Waals surface area contributed by atoms with Crippen molar-refractivity contribution in [2.45, 2.75) is 13.0 Å². The first-order valence-electron chi connectivity index (χ1n) is 5.84. The average Bonchev–Trinajstić information content (AvgIpc) is 2.31. The van der Waals surface area contributed by atoms with E-state index in [0.29, 0.717) is 17.9 Å². The summed E-state index contributed by atoms with van der Waals surface area (Å²) in [5.74, 6) is 0.492. The minimum Gasteiger partial charge on any atom is -0.491 e. The first-order valence-corrected chi connectivity index (χ1v) is 5.84. The van der Waals surface area contributed by atoms with Gasteiger partial charge in [-0.05, 0) is 37.7 Å². The highest BCUT2D eigenvalue weighted by molar-refractivity contribution is 5.28. The van der Waals surface area contributed by atoms with Gasteiger partial charge in [0.25, 0.3) is 0 Å². The standard InChI is InChI=1S/C13H18FNO2/c1-10-7-11(3-4-13(10)14)17-9-12-8-15(2)5-6-16-12/h3-4,7,12H,5-6,8-9H2,1-2H3. The van der Waals surface area contributed by atoms with Gasteiger partial charge in [-0.25, -0.2) is 4.39 Å². The Labute approximate surface area is 101 Å². The van der Waals surface area contributed by atoms with Crippen LogP contribution in [0.2, 0.25) is 0 Å². The zero-order valence-corrected chi connectivity index (χ0v) is 10.3. The molecule has 0 amide bonds. The molecule has 2 rings (SSSR count). The van der Waals surface area contributed by atoms with Crippen LogP contribution in [-0.4, -0.2) is 44.4 Å². The maximum absolute atomic E-state index is 13.1. The van der Waals surface area contributed by atoms with Crippen LogP contribution in [0.4, 0.5) is 4.39 Å². The number of hydrogen-bond donors (Lipinski definition) is 0. The molecule has 0 N–H and O–H groups in total. The number of morpholine rings is 1. The normalized spacial score (nSPS) is 21.5. The molecule has 1 unspecified atom stereocenters. The summed E-state index contributed by atoms with van der Waals surface area (Å²) >= 11 is 0. The highest BCUT2D eigenvalue weighted by Gasteiger charge is 2.18. The topological polar surface area (TPSA) is 21.7 Å². The molecule has 1 aliphatic heterocycles. The molecule has 1 atom stereocenters. The molecule has 1 aromatic carbocycles. The Kier molecular flexibility index (Phi) is 3.97. The first-order chi connectivity index (χ1) is 8.15. The van der Waals surface area contributed by atoms with Crippen molar-refractivity contribution in [1.82, 2.24) is 4.90 Å². The molecule has 1 aromatic rings. The van der Waals surface area contributed by atoms with E-state index in [0.717, 1.165) is 19.7 Å². The summed E-state index contributed by atoms with van der Waals surface area (Å²) in [7, 11) is 2.07. The smallest absolute Gasteiger partial charge is 0.126 e. The summed E-state index contributed by atoms with van der Waals surface area (Å²) in [4.78, 5) is 2.22. The SMILES string of the molecule is Cc1cc(OCC2CN(C)CCO2)ccc1F. The second-order valence-electron chi connectivity index (χ2n) is 4.48. The molecular weight excluding hydrogens is 221 g/mol. The van der Waals surface area contributed by atoms with E-state index in [1.54, 1.807) is 19.1 Å². The first kappa shape index (κ1) is 12.3. The molecule has 1 heterocycles. The summed E-state index contributed by atoms with van der Waals surface area (Å²) in [5, 5.41) is 0. The lowest BCUT2D eigenvalue weighted by atomic mass is 10.2. The fraction of sp³-hybridized carbons (Fsp3) is 0.538. The summed E-state index contributed by atoms with van der Waals surface area (Å²) < 4.78 is 24.3. The van der Waals surface area contributed by atoms with Crippen LogP contribution in [-0.2, 0) is 4.74 Å². The van der Waals surface area contributed by atoms with Gasteiger partial charge in [0.1, 0.15) is 24.3 Å². The van der Waals surface area contributed by atoms with Crippen LogP contribution in [0.25, 0.3) is 0 Å². The Bertz CT molecular complexity index is 384. The fourth-order valence-electron chi connectivity index (χ4n) is 1.86. The van der Waals surface area contributed by atoms with Crippen LogP contribution in [0.1, 0.15) is 5.56 Å². The van der Waals surface area contributed by atoms with Gasteiger partial charge in [0.15, 0.2) is 0 Å². The van der Waals surface area contributed by atoms with Crippen LogP contribution in [0.15, 0.2) is 18.2 Å². The molecule has 3 nitrogen and oxygen atoms in total. The number of aryl methyl sites for hydroxylation is 1. The molecule has 0 bridgehead atoms. The lowest BCUT2D eigenvalue weighted by Gasteiger charge is -2.29. The molecule has 0 aromatic heterocycles. The largest absolute Gasteiger partial charge is 0.491 e. The second-order valence-corrected chi connectivity index (χ2v) is 4.48. The summed E-state index contributed by atoms with van der Waals surface area (Å²) in [6, 6.07) is 4.79. The molecule has 0 aliphatic carbocycles. The quantitative estimate of drug-likeness (QED) is 0.803. The van der Waals surface area contributed by atoms with E-state index in [-0.39, 0.29) is 11.9 Å². The number of ether oxygens (including phenoxy) is 2. The van der Waals surface area contributed by atoms with Gasteiger partial charge in [-0.2, -0.15) is 0 Å². The van der Waals surface area contributed by atoms with Gasteiger partial charge in [-0.15, -0.1) is 0 Å². The van der Waals surface area contributed by atoms with Crippen molar-refractivity contribution in [1.29, 1.82) is 0 Å². The van der Waals surface area contributed by atoms with Gasteiger partial charge in [0, 0.05) is 13.1 Å². The monoisotopic (exact) mass is 239 g/mol. The molecule has 0 saturated carbocycles. The van der Waals surface area contributed by atoms with E-state index in [9.17, 15) is 4.39 Å². The fourth-order valence-corrected chi connectivity index (χ4v) is 1.86. The molecule has 94 valence electrons. The second kappa shape index (κ2) is 5.47. The van der Waals surface area contributed by atoms with Gasteiger partial charge in [-0.3, -0.25) is 0 Å². The van der Waals surface area contributed by atoms with Crippen LogP contribution in [0.3, 0.4) is 0 Å². The molecule has 17 heavy (non-hydrogen) atoms. The highest BCUT2D eigenvalue weighted by Crippen LogP contribution is 2.16. The minimum atomic E-state index is -0.203. The van der Waals surface area contributed by atoms with Crippen LogP contribution < -0.4 is 4.74 Å². The van der Waals surface area contributed by atoms with E-state index in [4.69, 9.17) is 9.47 Å². The van der Waals surface area contributed by atoms with Crippen LogP contribution in [0.5, 0.6) is 5.75 Å². The maximum atomic E-state index is 13.1. The van der Waals surface area contributed by atoms with Crippen LogP contribution >= 0.6 is 0 Å². The molecule has 1 aliphatic rings. The van der Waals surface area contributed by atoms with E-state index < -0.39 is 0 Å².